The minimum absolute atomic E-state index is 0.141. The number of hydrogen-bond acceptors (Lipinski definition) is 5. The summed E-state index contributed by atoms with van der Waals surface area (Å²) in [7, 11) is 0. The van der Waals surface area contributed by atoms with E-state index in [2.05, 4.69) is 39.1 Å². The number of aromatic nitrogens is 4. The molecule has 0 amide bonds. The standard InChI is InChI=1S/C20H23F2N5S/c1-3-7-20(8-4-2)11-27(12-20)19-26-25-18(28-19)15-6-5-14(16(21)17(15)22)13-9-23-24-10-13/h5-6,9-10H,3-4,7-8,11-12H2,1-2H3,(H,23,24). The molecule has 0 bridgehead atoms. The Balaban J connectivity index is 1.55. The molecule has 3 aromatic rings. The Labute approximate surface area is 166 Å². The molecule has 1 aromatic carbocycles. The number of nitrogens with zero attached hydrogens (tertiary/aromatic N) is 4. The highest BCUT2D eigenvalue weighted by molar-refractivity contribution is 7.18. The molecular formula is C20H23F2N5S. The van der Waals surface area contributed by atoms with Gasteiger partial charge in [0.05, 0.1) is 11.8 Å². The van der Waals surface area contributed by atoms with Crippen LogP contribution in [0, 0.1) is 17.0 Å². The molecule has 1 aliphatic rings. The van der Waals surface area contributed by atoms with E-state index in [1.807, 2.05) is 0 Å². The van der Waals surface area contributed by atoms with E-state index in [4.69, 9.17) is 0 Å². The quantitative estimate of drug-likeness (QED) is 0.583. The Kier molecular flexibility index (Phi) is 5.14. The molecule has 0 radical (unpaired) electrons. The zero-order valence-electron chi connectivity index (χ0n) is 16.0. The fourth-order valence-corrected chi connectivity index (χ4v) is 5.05. The van der Waals surface area contributed by atoms with Crippen molar-refractivity contribution in [3.8, 4) is 21.7 Å². The van der Waals surface area contributed by atoms with E-state index in [-0.39, 0.29) is 11.1 Å². The maximum Gasteiger partial charge on any atom is 0.208 e. The smallest absolute Gasteiger partial charge is 0.208 e. The van der Waals surface area contributed by atoms with Crippen molar-refractivity contribution in [2.45, 2.75) is 39.5 Å². The molecule has 148 valence electrons. The van der Waals surface area contributed by atoms with Gasteiger partial charge in [-0.3, -0.25) is 5.10 Å². The lowest BCUT2D eigenvalue weighted by molar-refractivity contribution is 0.173. The van der Waals surface area contributed by atoms with E-state index in [9.17, 15) is 8.78 Å². The van der Waals surface area contributed by atoms with Gasteiger partial charge >= 0.3 is 0 Å². The van der Waals surface area contributed by atoms with E-state index < -0.39 is 11.6 Å². The molecule has 3 heterocycles. The number of hydrogen-bond donors (Lipinski definition) is 1. The van der Waals surface area contributed by atoms with Crippen LogP contribution in [0.5, 0.6) is 0 Å². The first-order valence-electron chi connectivity index (χ1n) is 9.63. The molecule has 0 atom stereocenters. The van der Waals surface area contributed by atoms with Gasteiger partial charge in [-0.25, -0.2) is 8.78 Å². The first-order valence-corrected chi connectivity index (χ1v) is 10.4. The third kappa shape index (κ3) is 3.30. The first-order chi connectivity index (χ1) is 13.6. The van der Waals surface area contributed by atoms with Crippen LogP contribution in [0.3, 0.4) is 0 Å². The topological polar surface area (TPSA) is 57.7 Å². The van der Waals surface area contributed by atoms with Crippen LogP contribution in [0.15, 0.2) is 24.5 Å². The van der Waals surface area contributed by atoms with Gasteiger partial charge in [-0.15, -0.1) is 10.2 Å². The summed E-state index contributed by atoms with van der Waals surface area (Å²) in [5.74, 6) is -1.80. The van der Waals surface area contributed by atoms with Crippen LogP contribution in [-0.4, -0.2) is 33.5 Å². The maximum absolute atomic E-state index is 14.7. The molecule has 8 heteroatoms. The van der Waals surface area contributed by atoms with Gasteiger partial charge in [0.15, 0.2) is 16.6 Å². The van der Waals surface area contributed by atoms with Crippen LogP contribution >= 0.6 is 11.3 Å². The van der Waals surface area contributed by atoms with E-state index >= 15 is 0 Å². The molecule has 1 N–H and O–H groups in total. The molecular weight excluding hydrogens is 380 g/mol. The highest BCUT2D eigenvalue weighted by Gasteiger charge is 2.42. The molecule has 5 nitrogen and oxygen atoms in total. The van der Waals surface area contributed by atoms with Gasteiger partial charge in [0.25, 0.3) is 0 Å². The van der Waals surface area contributed by atoms with Crippen LogP contribution in [0.2, 0.25) is 0 Å². The van der Waals surface area contributed by atoms with E-state index in [1.165, 1.54) is 49.4 Å². The monoisotopic (exact) mass is 403 g/mol. The maximum atomic E-state index is 14.7. The van der Waals surface area contributed by atoms with Crippen LogP contribution in [0.25, 0.3) is 21.7 Å². The Hall–Kier alpha value is -2.35. The van der Waals surface area contributed by atoms with Crippen molar-refractivity contribution in [3.05, 3.63) is 36.2 Å². The molecule has 2 aromatic heterocycles. The molecule has 0 unspecified atom stereocenters. The van der Waals surface area contributed by atoms with Gasteiger partial charge < -0.3 is 4.90 Å². The van der Waals surface area contributed by atoms with Crippen molar-refractivity contribution in [2.24, 2.45) is 5.41 Å². The molecule has 28 heavy (non-hydrogen) atoms. The lowest BCUT2D eigenvalue weighted by Gasteiger charge is -2.50. The number of H-pyrrole nitrogens is 1. The second-order valence-electron chi connectivity index (χ2n) is 7.52. The van der Waals surface area contributed by atoms with Crippen LogP contribution < -0.4 is 4.90 Å². The van der Waals surface area contributed by atoms with Gasteiger partial charge in [-0.05, 0) is 18.9 Å². The number of nitrogens with one attached hydrogen (secondary N) is 1. The number of halogens is 2. The SMILES string of the molecule is CCCC1(CCC)CN(c2nnc(-c3ccc(-c4cn[nH]c4)c(F)c3F)s2)C1. The van der Waals surface area contributed by atoms with Crippen molar-refractivity contribution in [2.75, 3.05) is 18.0 Å². The van der Waals surface area contributed by atoms with E-state index in [1.54, 1.807) is 12.1 Å². The summed E-state index contributed by atoms with van der Waals surface area (Å²) in [6.07, 6.45) is 7.74. The predicted molar refractivity (Wildman–Crippen MR) is 107 cm³/mol. The molecule has 1 saturated heterocycles. The largest absolute Gasteiger partial charge is 0.345 e. The number of aromatic amines is 1. The summed E-state index contributed by atoms with van der Waals surface area (Å²) in [4.78, 5) is 2.20. The fraction of sp³-hybridized carbons (Fsp3) is 0.450. The number of benzene rings is 1. The third-order valence-corrected chi connectivity index (χ3v) is 6.44. The Morgan fingerprint density at radius 1 is 1.07 bits per heavy atom. The summed E-state index contributed by atoms with van der Waals surface area (Å²) in [6, 6.07) is 3.11. The fourth-order valence-electron chi connectivity index (χ4n) is 4.19. The van der Waals surface area contributed by atoms with Crippen molar-refractivity contribution >= 4 is 16.5 Å². The van der Waals surface area contributed by atoms with Gasteiger partial charge in [-0.1, -0.05) is 44.1 Å². The number of rotatable bonds is 7. The summed E-state index contributed by atoms with van der Waals surface area (Å²) >= 11 is 1.31. The summed E-state index contributed by atoms with van der Waals surface area (Å²) in [5.41, 5.74) is 1.18. The van der Waals surface area contributed by atoms with Gasteiger partial charge in [0, 0.05) is 35.8 Å². The molecule has 1 aliphatic heterocycles. The molecule has 1 fully saturated rings. The average molecular weight is 404 g/mol. The van der Waals surface area contributed by atoms with Crippen molar-refractivity contribution in [1.29, 1.82) is 0 Å². The van der Waals surface area contributed by atoms with Crippen molar-refractivity contribution in [3.63, 3.8) is 0 Å². The zero-order chi connectivity index (χ0) is 19.7. The van der Waals surface area contributed by atoms with E-state index in [0.717, 1.165) is 18.2 Å². The minimum Gasteiger partial charge on any atom is -0.345 e. The summed E-state index contributed by atoms with van der Waals surface area (Å²) < 4.78 is 29.2. The van der Waals surface area contributed by atoms with Gasteiger partial charge in [0.2, 0.25) is 5.13 Å². The lowest BCUT2D eigenvalue weighted by atomic mass is 9.73. The summed E-state index contributed by atoms with van der Waals surface area (Å²) in [5, 5.41) is 15.9. The van der Waals surface area contributed by atoms with Crippen molar-refractivity contribution < 1.29 is 8.78 Å². The third-order valence-electron chi connectivity index (χ3n) is 5.42. The lowest BCUT2D eigenvalue weighted by Crippen LogP contribution is -2.56. The Bertz CT molecular complexity index is 940. The second kappa shape index (κ2) is 7.58. The first kappa shape index (κ1) is 19.0. The molecule has 4 rings (SSSR count). The average Bonchev–Trinajstić information content (AvgIpc) is 3.33. The van der Waals surface area contributed by atoms with Crippen LogP contribution in [0.4, 0.5) is 13.9 Å². The second-order valence-corrected chi connectivity index (χ2v) is 8.48. The molecule has 0 saturated carbocycles. The van der Waals surface area contributed by atoms with Gasteiger partial charge in [-0.2, -0.15) is 5.10 Å². The highest BCUT2D eigenvalue weighted by Crippen LogP contribution is 2.44. The predicted octanol–water partition coefficient (Wildman–Crippen LogP) is 5.28. The Morgan fingerprint density at radius 2 is 1.75 bits per heavy atom. The summed E-state index contributed by atoms with van der Waals surface area (Å²) in [6.45, 7) is 6.35. The molecule has 0 aliphatic carbocycles. The van der Waals surface area contributed by atoms with E-state index in [0.29, 0.717) is 16.0 Å². The zero-order valence-corrected chi connectivity index (χ0v) is 16.8. The Morgan fingerprint density at radius 3 is 2.39 bits per heavy atom. The van der Waals surface area contributed by atoms with Crippen molar-refractivity contribution in [1.82, 2.24) is 20.4 Å². The van der Waals surface area contributed by atoms with Crippen LogP contribution in [0.1, 0.15) is 39.5 Å². The molecule has 0 spiro atoms. The normalized spacial score (nSPS) is 15.6. The van der Waals surface area contributed by atoms with Gasteiger partial charge in [0.1, 0.15) is 0 Å². The van der Waals surface area contributed by atoms with Crippen LogP contribution in [-0.2, 0) is 0 Å². The highest BCUT2D eigenvalue weighted by atomic mass is 32.1. The minimum atomic E-state index is -0.906. The number of anilines is 1.